The smallest absolute Gasteiger partial charge is 0.269 e. The third kappa shape index (κ3) is 4.74. The number of hydroxylamine groups is 2. The molecule has 0 aliphatic carbocycles. The highest BCUT2D eigenvalue weighted by atomic mass is 32.2. The average molecular weight is 428 g/mol. The number of aromatic nitrogens is 2. The SMILES string of the molecule is COc1ccc(-c2cc(/C=C/C(=O)N(C)O)nn2-c2ccc(S(N)(=O)=O)cc2)cc1. The first-order valence-electron chi connectivity index (χ1n) is 8.71. The Labute approximate surface area is 173 Å². The molecular formula is C20H20N4O5S. The lowest BCUT2D eigenvalue weighted by Gasteiger charge is -2.09. The van der Waals surface area contributed by atoms with Crippen molar-refractivity contribution in [3.05, 3.63) is 66.4 Å². The van der Waals surface area contributed by atoms with Crippen molar-refractivity contribution >= 4 is 22.0 Å². The third-order valence-corrected chi connectivity index (χ3v) is 5.17. The van der Waals surface area contributed by atoms with E-state index in [0.29, 0.717) is 27.9 Å². The highest BCUT2D eigenvalue weighted by molar-refractivity contribution is 7.89. The molecule has 3 aromatic rings. The molecule has 0 aliphatic heterocycles. The molecule has 0 spiro atoms. The number of nitrogens with zero attached hydrogens (tertiary/aromatic N) is 3. The van der Waals surface area contributed by atoms with Crippen LogP contribution in [0, 0.1) is 0 Å². The van der Waals surface area contributed by atoms with Crippen molar-refractivity contribution in [1.82, 2.24) is 14.8 Å². The molecule has 0 atom stereocenters. The van der Waals surface area contributed by atoms with Gasteiger partial charge in [0.05, 0.1) is 29.1 Å². The number of hydrogen-bond acceptors (Lipinski definition) is 6. The van der Waals surface area contributed by atoms with Crippen molar-refractivity contribution in [3.63, 3.8) is 0 Å². The first kappa shape index (κ1) is 21.2. The Hall–Kier alpha value is -3.47. The van der Waals surface area contributed by atoms with Gasteiger partial charge in [-0.25, -0.2) is 23.3 Å². The number of rotatable bonds is 6. The fraction of sp³-hybridized carbons (Fsp3) is 0.100. The number of methoxy groups -OCH3 is 1. The van der Waals surface area contributed by atoms with E-state index >= 15 is 0 Å². The van der Waals surface area contributed by atoms with Gasteiger partial charge in [-0.1, -0.05) is 0 Å². The second-order valence-electron chi connectivity index (χ2n) is 6.33. The largest absolute Gasteiger partial charge is 0.497 e. The van der Waals surface area contributed by atoms with E-state index in [1.807, 2.05) is 12.1 Å². The lowest BCUT2D eigenvalue weighted by atomic mass is 10.1. The first-order valence-corrected chi connectivity index (χ1v) is 10.3. The lowest BCUT2D eigenvalue weighted by molar-refractivity contribution is -0.153. The van der Waals surface area contributed by atoms with E-state index in [0.717, 1.165) is 5.56 Å². The van der Waals surface area contributed by atoms with E-state index in [4.69, 9.17) is 9.88 Å². The predicted octanol–water partition coefficient (Wildman–Crippen LogP) is 2.06. The number of benzene rings is 2. The Morgan fingerprint density at radius 3 is 2.33 bits per heavy atom. The van der Waals surface area contributed by atoms with Gasteiger partial charge in [-0.05, 0) is 60.7 Å². The maximum absolute atomic E-state index is 11.6. The Balaban J connectivity index is 2.08. The second kappa shape index (κ2) is 8.49. The summed E-state index contributed by atoms with van der Waals surface area (Å²) in [6.07, 6.45) is 2.66. The van der Waals surface area contributed by atoms with E-state index in [1.54, 1.807) is 42.1 Å². The van der Waals surface area contributed by atoms with E-state index in [1.165, 1.54) is 31.3 Å². The van der Waals surface area contributed by atoms with Crippen LogP contribution in [0.4, 0.5) is 0 Å². The summed E-state index contributed by atoms with van der Waals surface area (Å²) in [5, 5.41) is 19.3. The molecule has 10 heteroatoms. The first-order chi connectivity index (χ1) is 14.2. The quantitative estimate of drug-likeness (QED) is 0.351. The summed E-state index contributed by atoms with van der Waals surface area (Å²) in [4.78, 5) is 11.6. The summed E-state index contributed by atoms with van der Waals surface area (Å²) in [5.74, 6) is 0.0899. The molecule has 0 saturated heterocycles. The monoisotopic (exact) mass is 428 g/mol. The minimum Gasteiger partial charge on any atom is -0.497 e. The molecule has 0 saturated carbocycles. The van der Waals surface area contributed by atoms with Gasteiger partial charge in [0, 0.05) is 18.7 Å². The van der Waals surface area contributed by atoms with Crippen LogP contribution in [-0.2, 0) is 14.8 Å². The van der Waals surface area contributed by atoms with Gasteiger partial charge >= 0.3 is 0 Å². The van der Waals surface area contributed by atoms with Gasteiger partial charge in [-0.3, -0.25) is 10.0 Å². The zero-order valence-electron chi connectivity index (χ0n) is 16.3. The van der Waals surface area contributed by atoms with Crippen LogP contribution in [0.2, 0.25) is 0 Å². The van der Waals surface area contributed by atoms with Crippen LogP contribution in [0.25, 0.3) is 23.0 Å². The normalized spacial score (nSPS) is 11.6. The number of carbonyl (C=O) groups excluding carboxylic acids is 1. The molecular weight excluding hydrogens is 408 g/mol. The van der Waals surface area contributed by atoms with Crippen molar-refractivity contribution < 1.29 is 23.2 Å². The Morgan fingerprint density at radius 1 is 1.17 bits per heavy atom. The van der Waals surface area contributed by atoms with Crippen molar-refractivity contribution in [2.24, 2.45) is 5.14 Å². The van der Waals surface area contributed by atoms with Crippen LogP contribution < -0.4 is 9.88 Å². The number of carbonyl (C=O) groups is 1. The van der Waals surface area contributed by atoms with Crippen molar-refractivity contribution in [3.8, 4) is 22.7 Å². The van der Waals surface area contributed by atoms with Crippen molar-refractivity contribution in [2.75, 3.05) is 14.2 Å². The summed E-state index contributed by atoms with van der Waals surface area (Å²) in [5.41, 5.74) is 2.58. The molecule has 3 rings (SSSR count). The second-order valence-corrected chi connectivity index (χ2v) is 7.89. The molecule has 0 unspecified atom stereocenters. The minimum absolute atomic E-state index is 0.0129. The van der Waals surface area contributed by atoms with E-state index in [2.05, 4.69) is 5.10 Å². The topological polar surface area (TPSA) is 128 Å². The molecule has 2 aromatic carbocycles. The van der Waals surface area contributed by atoms with E-state index in [-0.39, 0.29) is 4.90 Å². The number of ether oxygens (including phenoxy) is 1. The number of amides is 1. The van der Waals surface area contributed by atoms with Crippen LogP contribution in [0.5, 0.6) is 5.75 Å². The summed E-state index contributed by atoms with van der Waals surface area (Å²) in [6, 6.07) is 15.0. The molecule has 1 amide bonds. The predicted molar refractivity (Wildman–Crippen MR) is 111 cm³/mol. The molecule has 0 radical (unpaired) electrons. The molecule has 0 fully saturated rings. The van der Waals surface area contributed by atoms with Crippen LogP contribution in [0.1, 0.15) is 5.69 Å². The number of hydrogen-bond donors (Lipinski definition) is 2. The van der Waals surface area contributed by atoms with Crippen LogP contribution in [-0.4, -0.2) is 48.5 Å². The Morgan fingerprint density at radius 2 is 1.80 bits per heavy atom. The number of nitrogens with two attached hydrogens (primary N) is 1. The van der Waals surface area contributed by atoms with Gasteiger partial charge in [0.25, 0.3) is 5.91 Å². The molecule has 1 aromatic heterocycles. The summed E-state index contributed by atoms with van der Waals surface area (Å²) < 4.78 is 29.8. The molecule has 156 valence electrons. The third-order valence-electron chi connectivity index (χ3n) is 4.24. The van der Waals surface area contributed by atoms with Gasteiger partial charge < -0.3 is 4.74 Å². The van der Waals surface area contributed by atoms with Gasteiger partial charge in [-0.2, -0.15) is 5.10 Å². The summed E-state index contributed by atoms with van der Waals surface area (Å²) >= 11 is 0. The van der Waals surface area contributed by atoms with Gasteiger partial charge in [0.15, 0.2) is 0 Å². The fourth-order valence-electron chi connectivity index (χ4n) is 2.69. The number of sulfonamides is 1. The van der Waals surface area contributed by atoms with Gasteiger partial charge in [-0.15, -0.1) is 0 Å². The van der Waals surface area contributed by atoms with Crippen LogP contribution in [0.3, 0.4) is 0 Å². The maximum atomic E-state index is 11.6. The standard InChI is InChI=1S/C20H20N4O5S/c1-23(26)20(25)12-5-15-13-19(14-3-8-17(29-2)9-4-14)24(22-15)16-6-10-18(11-7-16)30(21,27)28/h3-13,26H,1-2H3,(H2,21,27,28)/b12-5+. The molecule has 30 heavy (non-hydrogen) atoms. The van der Waals surface area contributed by atoms with Crippen LogP contribution in [0.15, 0.2) is 65.6 Å². The summed E-state index contributed by atoms with van der Waals surface area (Å²) in [7, 11) is -1.02. The molecule has 0 aliphatic rings. The molecule has 3 N–H and O–H groups in total. The molecule has 9 nitrogen and oxygen atoms in total. The zero-order valence-corrected chi connectivity index (χ0v) is 17.1. The minimum atomic E-state index is -3.81. The average Bonchev–Trinajstić information content (AvgIpc) is 3.15. The Kier molecular flexibility index (Phi) is 6.01. The fourth-order valence-corrected chi connectivity index (χ4v) is 3.20. The summed E-state index contributed by atoms with van der Waals surface area (Å²) in [6.45, 7) is 0. The zero-order chi connectivity index (χ0) is 21.9. The number of primary sulfonamides is 1. The van der Waals surface area contributed by atoms with Crippen LogP contribution >= 0.6 is 0 Å². The molecule has 0 bridgehead atoms. The lowest BCUT2D eigenvalue weighted by Crippen LogP contribution is -2.19. The van der Waals surface area contributed by atoms with E-state index in [9.17, 15) is 18.4 Å². The maximum Gasteiger partial charge on any atom is 0.269 e. The van der Waals surface area contributed by atoms with Gasteiger partial charge in [0.1, 0.15) is 5.75 Å². The highest BCUT2D eigenvalue weighted by Gasteiger charge is 2.13. The van der Waals surface area contributed by atoms with Gasteiger partial charge in [0.2, 0.25) is 10.0 Å². The van der Waals surface area contributed by atoms with E-state index < -0.39 is 15.9 Å². The van der Waals surface area contributed by atoms with Crippen molar-refractivity contribution in [2.45, 2.75) is 4.90 Å². The highest BCUT2D eigenvalue weighted by Crippen LogP contribution is 2.27. The number of likely N-dealkylation sites (N-methyl/N-ethyl adjacent to an activating group) is 1. The van der Waals surface area contributed by atoms with Crippen molar-refractivity contribution in [1.29, 1.82) is 0 Å². The molecule has 1 heterocycles. The Bertz CT molecular complexity index is 1180.